The van der Waals surface area contributed by atoms with Crippen molar-refractivity contribution in [1.82, 2.24) is 19.7 Å². The van der Waals surface area contributed by atoms with E-state index < -0.39 is 12.7 Å². The molecule has 10 heteroatoms. The largest absolute Gasteiger partial charge is 0.401 e. The maximum atomic E-state index is 12.3. The van der Waals surface area contributed by atoms with Crippen LogP contribution in [-0.4, -0.2) is 66.8 Å². The zero-order valence-corrected chi connectivity index (χ0v) is 18.0. The van der Waals surface area contributed by atoms with Gasteiger partial charge in [-0.05, 0) is 20.0 Å². The molecule has 0 bridgehead atoms. The van der Waals surface area contributed by atoms with E-state index in [0.717, 1.165) is 5.69 Å². The van der Waals surface area contributed by atoms with Crippen LogP contribution in [0.5, 0.6) is 0 Å². The van der Waals surface area contributed by atoms with Crippen LogP contribution in [0.4, 0.5) is 13.2 Å². The normalized spacial score (nSPS) is 12.3. The van der Waals surface area contributed by atoms with Crippen LogP contribution in [0.2, 0.25) is 5.02 Å². The van der Waals surface area contributed by atoms with E-state index in [0.29, 0.717) is 24.1 Å². The van der Waals surface area contributed by atoms with Gasteiger partial charge in [-0.15, -0.1) is 24.0 Å². The molecule has 5 nitrogen and oxygen atoms in total. The van der Waals surface area contributed by atoms with Gasteiger partial charge in [-0.1, -0.05) is 11.6 Å². The summed E-state index contributed by atoms with van der Waals surface area (Å²) in [4.78, 5) is 7.52. The molecule has 0 spiro atoms. The fourth-order valence-corrected chi connectivity index (χ4v) is 2.49. The summed E-state index contributed by atoms with van der Waals surface area (Å²) in [5.41, 5.74) is 1.02. The third-order valence-electron chi connectivity index (χ3n) is 3.36. The molecular weight excluding hydrogens is 470 g/mol. The second kappa shape index (κ2) is 11.1. The molecule has 1 aromatic heterocycles. The predicted molar refractivity (Wildman–Crippen MR) is 107 cm³/mol. The van der Waals surface area contributed by atoms with Crippen molar-refractivity contribution in [2.75, 3.05) is 40.3 Å². The van der Waals surface area contributed by atoms with Crippen molar-refractivity contribution in [3.8, 4) is 0 Å². The number of hydrogen-bond donors (Lipinski definition) is 1. The lowest BCUT2D eigenvalue weighted by Crippen LogP contribution is -2.39. The second-order valence-corrected chi connectivity index (χ2v) is 6.14. The highest BCUT2D eigenvalue weighted by Gasteiger charge is 2.28. The molecule has 25 heavy (non-hydrogen) atoms. The van der Waals surface area contributed by atoms with Gasteiger partial charge in [0, 0.05) is 39.1 Å². The van der Waals surface area contributed by atoms with E-state index in [1.807, 2.05) is 42.7 Å². The van der Waals surface area contributed by atoms with E-state index in [1.54, 1.807) is 0 Å². The summed E-state index contributed by atoms with van der Waals surface area (Å²) in [5, 5.41) is 3.81. The second-order valence-electron chi connectivity index (χ2n) is 5.71. The van der Waals surface area contributed by atoms with Crippen LogP contribution < -0.4 is 5.32 Å². The maximum absolute atomic E-state index is 12.3. The first-order valence-corrected chi connectivity index (χ1v) is 8.05. The molecule has 0 fully saturated rings. The highest BCUT2D eigenvalue weighted by molar-refractivity contribution is 14.0. The lowest BCUT2D eigenvalue weighted by atomic mass is 10.4. The number of hydrogen-bond acceptors (Lipinski definition) is 2. The van der Waals surface area contributed by atoms with Gasteiger partial charge >= 0.3 is 6.18 Å². The fraction of sp³-hybridized carbons (Fsp3) is 0.667. The van der Waals surface area contributed by atoms with Crippen molar-refractivity contribution >= 4 is 41.5 Å². The summed E-state index contributed by atoms with van der Waals surface area (Å²) in [6.07, 6.45) is -2.37. The molecule has 1 aromatic rings. The molecule has 146 valence electrons. The highest BCUT2D eigenvalue weighted by Crippen LogP contribution is 2.15. The number of alkyl halides is 3. The van der Waals surface area contributed by atoms with Crippen LogP contribution in [0.1, 0.15) is 12.6 Å². The molecule has 0 aliphatic rings. The Morgan fingerprint density at radius 2 is 2.00 bits per heavy atom. The molecule has 0 saturated heterocycles. The summed E-state index contributed by atoms with van der Waals surface area (Å²) in [6, 6.07) is 1.87. The molecule has 1 heterocycles. The van der Waals surface area contributed by atoms with Gasteiger partial charge < -0.3 is 14.8 Å². The van der Waals surface area contributed by atoms with Crippen LogP contribution >= 0.6 is 35.6 Å². The van der Waals surface area contributed by atoms with E-state index in [9.17, 15) is 13.2 Å². The highest BCUT2D eigenvalue weighted by atomic mass is 127. The van der Waals surface area contributed by atoms with Crippen molar-refractivity contribution < 1.29 is 13.2 Å². The van der Waals surface area contributed by atoms with E-state index in [2.05, 4.69) is 10.3 Å². The monoisotopic (exact) mass is 495 g/mol. The topological polar surface area (TPSA) is 35.8 Å². The van der Waals surface area contributed by atoms with Gasteiger partial charge in [-0.2, -0.15) is 13.2 Å². The summed E-state index contributed by atoms with van der Waals surface area (Å²) < 4.78 is 38.9. The Hall–Kier alpha value is -0.680. The molecule has 1 N–H and O–H groups in total. The van der Waals surface area contributed by atoms with Gasteiger partial charge in [0.1, 0.15) is 0 Å². The molecule has 0 atom stereocenters. The van der Waals surface area contributed by atoms with Gasteiger partial charge in [-0.3, -0.25) is 9.89 Å². The molecule has 0 aromatic carbocycles. The molecule has 0 aliphatic carbocycles. The molecule has 0 unspecified atom stereocenters. The van der Waals surface area contributed by atoms with Crippen LogP contribution in [0.15, 0.2) is 17.3 Å². The number of nitrogens with zero attached hydrogens (tertiary/aromatic N) is 4. The van der Waals surface area contributed by atoms with Crippen molar-refractivity contribution in [3.05, 3.63) is 23.0 Å². The van der Waals surface area contributed by atoms with Crippen LogP contribution in [-0.2, 0) is 13.6 Å². The lowest BCUT2D eigenvalue weighted by Gasteiger charge is -2.23. The maximum Gasteiger partial charge on any atom is 0.401 e. The first kappa shape index (κ1) is 24.3. The van der Waals surface area contributed by atoms with Crippen molar-refractivity contribution in [2.45, 2.75) is 19.6 Å². The number of halogens is 5. The number of aryl methyl sites for hydroxylation is 1. The number of guanidine groups is 1. The minimum Gasteiger partial charge on any atom is -0.357 e. The van der Waals surface area contributed by atoms with Gasteiger partial charge in [0.25, 0.3) is 0 Å². The van der Waals surface area contributed by atoms with E-state index in [1.165, 1.54) is 11.9 Å². The standard InChI is InChI=1S/C15H25ClF3N5.HI/c1-5-20-14(21-6-7-22(2)11-15(17,18)19)24(4)10-13-8-12(16)9-23(13)3;/h8-9H,5-7,10-11H2,1-4H3,(H,20,21);1H. The minimum absolute atomic E-state index is 0. The smallest absolute Gasteiger partial charge is 0.357 e. The van der Waals surface area contributed by atoms with E-state index in [4.69, 9.17) is 11.6 Å². The molecule has 0 saturated carbocycles. The fourth-order valence-electron chi connectivity index (χ4n) is 2.22. The molecule has 0 amide bonds. The SMILES string of the molecule is CCNC(=NCCN(C)CC(F)(F)F)N(C)Cc1cc(Cl)cn1C.I. The van der Waals surface area contributed by atoms with Gasteiger partial charge in [0.2, 0.25) is 0 Å². The average Bonchev–Trinajstić information content (AvgIpc) is 2.73. The minimum atomic E-state index is -4.19. The Morgan fingerprint density at radius 3 is 2.48 bits per heavy atom. The first-order valence-electron chi connectivity index (χ1n) is 7.68. The van der Waals surface area contributed by atoms with Crippen LogP contribution in [0, 0.1) is 0 Å². The summed E-state index contributed by atoms with van der Waals surface area (Å²) in [6.45, 7) is 2.80. The molecule has 0 radical (unpaired) electrons. The Kier molecular flexibility index (Phi) is 10.8. The van der Waals surface area contributed by atoms with Gasteiger partial charge in [-0.25, -0.2) is 0 Å². The Morgan fingerprint density at radius 1 is 1.36 bits per heavy atom. The molecule has 1 rings (SSSR count). The van der Waals surface area contributed by atoms with Crippen molar-refractivity contribution in [3.63, 3.8) is 0 Å². The lowest BCUT2D eigenvalue weighted by molar-refractivity contribution is -0.142. The molecule has 0 aliphatic heterocycles. The van der Waals surface area contributed by atoms with Crippen molar-refractivity contribution in [2.24, 2.45) is 12.0 Å². The number of nitrogens with one attached hydrogen (secondary N) is 1. The van der Waals surface area contributed by atoms with Crippen LogP contribution in [0.3, 0.4) is 0 Å². The van der Waals surface area contributed by atoms with Gasteiger partial charge in [0.05, 0.1) is 24.7 Å². The molecular formula is C15H26ClF3IN5. The van der Waals surface area contributed by atoms with E-state index in [-0.39, 0.29) is 37.1 Å². The Labute approximate surface area is 169 Å². The average molecular weight is 496 g/mol. The summed E-state index contributed by atoms with van der Waals surface area (Å²) in [5.74, 6) is 0.648. The number of rotatable bonds is 7. The zero-order valence-electron chi connectivity index (χ0n) is 14.9. The van der Waals surface area contributed by atoms with Gasteiger partial charge in [0.15, 0.2) is 5.96 Å². The third-order valence-corrected chi connectivity index (χ3v) is 3.57. The first-order chi connectivity index (χ1) is 11.1. The number of aliphatic imine (C=N–C) groups is 1. The summed E-state index contributed by atoms with van der Waals surface area (Å²) in [7, 11) is 5.22. The summed E-state index contributed by atoms with van der Waals surface area (Å²) >= 11 is 5.98. The third kappa shape index (κ3) is 9.55. The number of likely N-dealkylation sites (N-methyl/N-ethyl adjacent to an activating group) is 1. The zero-order chi connectivity index (χ0) is 18.3. The quantitative estimate of drug-likeness (QED) is 0.359. The Bertz CT molecular complexity index is 548. The van der Waals surface area contributed by atoms with Crippen molar-refractivity contribution in [1.29, 1.82) is 0 Å². The predicted octanol–water partition coefficient (Wildman–Crippen LogP) is 3.19. The number of aromatic nitrogens is 1. The van der Waals surface area contributed by atoms with Crippen LogP contribution in [0.25, 0.3) is 0 Å². The van der Waals surface area contributed by atoms with E-state index >= 15 is 0 Å². The Balaban J connectivity index is 0.00000576.